The van der Waals surface area contributed by atoms with E-state index in [9.17, 15) is 0 Å². The van der Waals surface area contributed by atoms with Gasteiger partial charge in [0.15, 0.2) is 0 Å². The van der Waals surface area contributed by atoms with Crippen LogP contribution in [0.1, 0.15) is 32.3 Å². The molecule has 3 heteroatoms. The van der Waals surface area contributed by atoms with Gasteiger partial charge in [-0.2, -0.15) is 0 Å². The molecule has 0 amide bonds. The molecule has 90 valence electrons. The summed E-state index contributed by atoms with van der Waals surface area (Å²) in [4.78, 5) is 1.33. The molecule has 0 radical (unpaired) electrons. The van der Waals surface area contributed by atoms with Crippen LogP contribution in [0.5, 0.6) is 0 Å². The first-order valence-corrected chi connectivity index (χ1v) is 7.62. The normalized spacial score (nSPS) is 12.8. The minimum absolute atomic E-state index is 0.279. The largest absolute Gasteiger partial charge is 0.327 e. The maximum atomic E-state index is 5.95. The van der Waals surface area contributed by atoms with Gasteiger partial charge in [-0.3, -0.25) is 0 Å². The van der Waals surface area contributed by atoms with Crippen molar-refractivity contribution in [2.45, 2.75) is 44.0 Å². The second kappa shape index (κ2) is 7.36. The fourth-order valence-electron chi connectivity index (χ4n) is 1.45. The highest BCUT2D eigenvalue weighted by atomic mass is 79.9. The first kappa shape index (κ1) is 14.1. The van der Waals surface area contributed by atoms with Crippen LogP contribution in [-0.4, -0.2) is 11.8 Å². The van der Waals surface area contributed by atoms with Crippen molar-refractivity contribution in [3.8, 4) is 0 Å². The van der Waals surface area contributed by atoms with E-state index in [4.69, 9.17) is 5.73 Å². The van der Waals surface area contributed by atoms with E-state index in [1.54, 1.807) is 0 Å². The number of benzene rings is 1. The first-order chi connectivity index (χ1) is 7.67. The van der Waals surface area contributed by atoms with Gasteiger partial charge >= 0.3 is 0 Å². The van der Waals surface area contributed by atoms with Crippen LogP contribution < -0.4 is 5.73 Å². The molecule has 0 aliphatic rings. The van der Waals surface area contributed by atoms with Crippen molar-refractivity contribution >= 4 is 27.7 Å². The van der Waals surface area contributed by atoms with Crippen LogP contribution in [-0.2, 0) is 6.42 Å². The maximum absolute atomic E-state index is 5.95. The molecule has 1 rings (SSSR count). The number of halogens is 1. The van der Waals surface area contributed by atoms with E-state index in [0.29, 0.717) is 0 Å². The molecule has 0 aliphatic heterocycles. The van der Waals surface area contributed by atoms with Gasteiger partial charge in [0.25, 0.3) is 0 Å². The zero-order valence-electron chi connectivity index (χ0n) is 10.0. The van der Waals surface area contributed by atoms with Gasteiger partial charge in [-0.05, 0) is 58.6 Å². The second-order valence-electron chi connectivity index (χ2n) is 3.99. The molecule has 0 bridgehead atoms. The van der Waals surface area contributed by atoms with Gasteiger partial charge in [0.2, 0.25) is 0 Å². The Labute approximate surface area is 111 Å². The minimum Gasteiger partial charge on any atom is -0.327 e. The second-order valence-corrected chi connectivity index (χ2v) is 5.98. The number of thioether (sulfide) groups is 1. The molecule has 1 aromatic rings. The Morgan fingerprint density at radius 1 is 1.38 bits per heavy atom. The lowest BCUT2D eigenvalue weighted by Gasteiger charge is -2.10. The summed E-state index contributed by atoms with van der Waals surface area (Å²) in [6.45, 7) is 4.33. The number of nitrogens with two attached hydrogens (primary N) is 1. The van der Waals surface area contributed by atoms with E-state index in [1.807, 2.05) is 11.8 Å². The SMILES string of the molecule is CCCSc1ccc(CC(N)CC)cc1Br. The third-order valence-electron chi connectivity index (χ3n) is 2.48. The van der Waals surface area contributed by atoms with Crippen LogP contribution >= 0.6 is 27.7 Å². The lowest BCUT2D eigenvalue weighted by atomic mass is 10.1. The third kappa shape index (κ3) is 4.48. The van der Waals surface area contributed by atoms with Crippen LogP contribution in [0.3, 0.4) is 0 Å². The Hall–Kier alpha value is 0.01000. The summed E-state index contributed by atoms with van der Waals surface area (Å²) in [6, 6.07) is 6.87. The molecule has 1 unspecified atom stereocenters. The van der Waals surface area contributed by atoms with Crippen LogP contribution in [0.25, 0.3) is 0 Å². The van der Waals surface area contributed by atoms with Gasteiger partial charge in [0.1, 0.15) is 0 Å². The van der Waals surface area contributed by atoms with Crippen molar-refractivity contribution < 1.29 is 0 Å². The van der Waals surface area contributed by atoms with Crippen LogP contribution in [0.2, 0.25) is 0 Å². The van der Waals surface area contributed by atoms with E-state index < -0.39 is 0 Å². The fraction of sp³-hybridized carbons (Fsp3) is 0.538. The van der Waals surface area contributed by atoms with Gasteiger partial charge in [-0.1, -0.05) is 19.9 Å². The summed E-state index contributed by atoms with van der Waals surface area (Å²) in [5.74, 6) is 1.17. The quantitative estimate of drug-likeness (QED) is 0.796. The molecule has 2 N–H and O–H groups in total. The maximum Gasteiger partial charge on any atom is 0.0313 e. The molecule has 0 spiro atoms. The average molecular weight is 302 g/mol. The van der Waals surface area contributed by atoms with E-state index >= 15 is 0 Å². The lowest BCUT2D eigenvalue weighted by molar-refractivity contribution is 0.646. The summed E-state index contributed by atoms with van der Waals surface area (Å²) in [7, 11) is 0. The topological polar surface area (TPSA) is 26.0 Å². The van der Waals surface area contributed by atoms with Crippen molar-refractivity contribution in [2.24, 2.45) is 5.73 Å². The highest BCUT2D eigenvalue weighted by Gasteiger charge is 2.05. The summed E-state index contributed by atoms with van der Waals surface area (Å²) < 4.78 is 1.20. The van der Waals surface area contributed by atoms with Crippen molar-refractivity contribution in [3.05, 3.63) is 28.2 Å². The molecule has 1 nitrogen and oxygen atoms in total. The summed E-state index contributed by atoms with van der Waals surface area (Å²) >= 11 is 5.53. The monoisotopic (exact) mass is 301 g/mol. The zero-order valence-corrected chi connectivity index (χ0v) is 12.4. The van der Waals surface area contributed by atoms with Crippen molar-refractivity contribution in [3.63, 3.8) is 0 Å². The van der Waals surface area contributed by atoms with E-state index in [0.717, 1.165) is 12.8 Å². The summed E-state index contributed by atoms with van der Waals surface area (Å²) in [5.41, 5.74) is 7.27. The molecule has 0 saturated heterocycles. The number of hydrogen-bond acceptors (Lipinski definition) is 2. The number of rotatable bonds is 6. The molecule has 0 aromatic heterocycles. The summed E-state index contributed by atoms with van der Waals surface area (Å²) in [5, 5.41) is 0. The molecule has 1 atom stereocenters. The molecular weight excluding hydrogens is 282 g/mol. The molecule has 0 fully saturated rings. The highest BCUT2D eigenvalue weighted by molar-refractivity contribution is 9.10. The van der Waals surface area contributed by atoms with Crippen LogP contribution in [0.4, 0.5) is 0 Å². The van der Waals surface area contributed by atoms with Crippen molar-refractivity contribution in [2.75, 3.05) is 5.75 Å². The Balaban J connectivity index is 2.66. The highest BCUT2D eigenvalue weighted by Crippen LogP contribution is 2.29. The van der Waals surface area contributed by atoms with Gasteiger partial charge in [0.05, 0.1) is 0 Å². The van der Waals surface area contributed by atoms with Gasteiger partial charge in [-0.25, -0.2) is 0 Å². The Morgan fingerprint density at radius 3 is 2.69 bits per heavy atom. The van der Waals surface area contributed by atoms with Gasteiger partial charge < -0.3 is 5.73 Å². The predicted octanol–water partition coefficient (Wildman–Crippen LogP) is 4.23. The summed E-state index contributed by atoms with van der Waals surface area (Å²) in [6.07, 6.45) is 3.21. The third-order valence-corrected chi connectivity index (χ3v) is 4.68. The predicted molar refractivity (Wildman–Crippen MR) is 77.1 cm³/mol. The van der Waals surface area contributed by atoms with E-state index in [1.165, 1.54) is 27.1 Å². The molecule has 0 heterocycles. The van der Waals surface area contributed by atoms with E-state index in [-0.39, 0.29) is 6.04 Å². The molecule has 16 heavy (non-hydrogen) atoms. The Bertz CT molecular complexity index is 328. The minimum atomic E-state index is 0.279. The standard InChI is InChI=1S/C13H20BrNS/c1-3-7-16-13-6-5-10(9-12(13)14)8-11(15)4-2/h5-6,9,11H,3-4,7-8,15H2,1-2H3. The van der Waals surface area contributed by atoms with E-state index in [2.05, 4.69) is 48.0 Å². The van der Waals surface area contributed by atoms with Gasteiger partial charge in [0, 0.05) is 15.4 Å². The van der Waals surface area contributed by atoms with Gasteiger partial charge in [-0.15, -0.1) is 11.8 Å². The smallest absolute Gasteiger partial charge is 0.0313 e. The van der Waals surface area contributed by atoms with Crippen molar-refractivity contribution in [1.82, 2.24) is 0 Å². The Kier molecular flexibility index (Phi) is 6.47. The number of hydrogen-bond donors (Lipinski definition) is 1. The first-order valence-electron chi connectivity index (χ1n) is 5.84. The molecule has 0 aliphatic carbocycles. The van der Waals surface area contributed by atoms with Crippen molar-refractivity contribution in [1.29, 1.82) is 0 Å². The molecule has 1 aromatic carbocycles. The Morgan fingerprint density at radius 2 is 2.12 bits per heavy atom. The molecular formula is C13H20BrNS. The fourth-order valence-corrected chi connectivity index (χ4v) is 3.00. The zero-order chi connectivity index (χ0) is 12.0. The molecule has 0 saturated carbocycles. The van der Waals surface area contributed by atoms with Crippen LogP contribution in [0, 0.1) is 0 Å². The lowest BCUT2D eigenvalue weighted by Crippen LogP contribution is -2.21. The average Bonchev–Trinajstić information content (AvgIpc) is 2.28. The van der Waals surface area contributed by atoms with Crippen LogP contribution in [0.15, 0.2) is 27.6 Å².